The van der Waals surface area contributed by atoms with Crippen molar-refractivity contribution in [2.24, 2.45) is 5.73 Å². The van der Waals surface area contributed by atoms with Crippen LogP contribution in [0.25, 0.3) is 0 Å². The number of aromatic nitrogens is 2. The second-order valence-electron chi connectivity index (χ2n) is 4.67. The second-order valence-corrected chi connectivity index (χ2v) is 5.20. The summed E-state index contributed by atoms with van der Waals surface area (Å²) >= 11 is 4.89. The van der Waals surface area contributed by atoms with Crippen LogP contribution in [0.4, 0.5) is 5.82 Å². The predicted octanol–water partition coefficient (Wildman–Crippen LogP) is 0.307. The van der Waals surface area contributed by atoms with Crippen molar-refractivity contribution in [3.05, 3.63) is 17.8 Å². The molecule has 1 rings (SSSR count). The second kappa shape index (κ2) is 8.48. The number of hydrogen-bond acceptors (Lipinski definition) is 6. The van der Waals surface area contributed by atoms with E-state index in [4.69, 9.17) is 22.7 Å². The van der Waals surface area contributed by atoms with Gasteiger partial charge in [-0.3, -0.25) is 4.79 Å². The summed E-state index contributed by atoms with van der Waals surface area (Å²) in [5.74, 6) is 0.485. The van der Waals surface area contributed by atoms with Gasteiger partial charge in [-0.05, 0) is 12.1 Å². The maximum absolute atomic E-state index is 11.8. The van der Waals surface area contributed by atoms with Crippen LogP contribution in [0, 0.1) is 0 Å². The molecule has 0 saturated heterocycles. The summed E-state index contributed by atoms with van der Waals surface area (Å²) in [6.07, 6.45) is 0.582. The van der Waals surface area contributed by atoms with Crippen LogP contribution in [-0.4, -0.2) is 66.9 Å². The number of carbonyl (C=O) groups is 1. The van der Waals surface area contributed by atoms with E-state index in [1.165, 1.54) is 4.90 Å². The van der Waals surface area contributed by atoms with Gasteiger partial charge in [0.25, 0.3) is 5.91 Å². The Morgan fingerprint density at radius 3 is 2.52 bits per heavy atom. The van der Waals surface area contributed by atoms with Crippen LogP contribution in [0.5, 0.6) is 0 Å². The lowest BCUT2D eigenvalue weighted by Crippen LogP contribution is -2.32. The third kappa shape index (κ3) is 5.60. The van der Waals surface area contributed by atoms with Gasteiger partial charge < -0.3 is 20.3 Å². The van der Waals surface area contributed by atoms with Crippen molar-refractivity contribution in [3.8, 4) is 0 Å². The predicted molar refractivity (Wildman–Crippen MR) is 85.5 cm³/mol. The molecule has 21 heavy (non-hydrogen) atoms. The summed E-state index contributed by atoms with van der Waals surface area (Å²) in [6.45, 7) is 1.83. The number of hydrogen-bond donors (Lipinski definition) is 1. The highest BCUT2D eigenvalue weighted by molar-refractivity contribution is 7.80. The third-order valence-electron chi connectivity index (χ3n) is 2.79. The van der Waals surface area contributed by atoms with Gasteiger partial charge in [0.15, 0.2) is 11.5 Å². The van der Waals surface area contributed by atoms with Crippen LogP contribution >= 0.6 is 12.2 Å². The molecular formula is C13H21N5O2S. The Morgan fingerprint density at radius 1 is 1.33 bits per heavy atom. The van der Waals surface area contributed by atoms with Crippen molar-refractivity contribution >= 4 is 28.9 Å². The highest BCUT2D eigenvalue weighted by atomic mass is 32.1. The molecule has 0 aliphatic carbocycles. The van der Waals surface area contributed by atoms with Gasteiger partial charge in [0.2, 0.25) is 0 Å². The number of methoxy groups -OCH3 is 1. The van der Waals surface area contributed by atoms with Crippen LogP contribution in [0.15, 0.2) is 12.1 Å². The molecule has 0 fully saturated rings. The SMILES string of the molecule is COCCN(CCC(N)=S)c1ccc(C(=O)N(C)C)nn1. The third-order valence-corrected chi connectivity index (χ3v) is 3.00. The van der Waals surface area contributed by atoms with Gasteiger partial charge in [-0.1, -0.05) is 12.2 Å². The molecule has 7 nitrogen and oxygen atoms in total. The zero-order valence-corrected chi connectivity index (χ0v) is 13.4. The Kier molecular flexibility index (Phi) is 6.97. The van der Waals surface area contributed by atoms with Crippen molar-refractivity contribution in [1.82, 2.24) is 15.1 Å². The zero-order valence-electron chi connectivity index (χ0n) is 12.6. The minimum absolute atomic E-state index is 0.180. The molecule has 0 bridgehead atoms. The average Bonchev–Trinajstić information content (AvgIpc) is 2.46. The molecule has 1 heterocycles. The molecular weight excluding hydrogens is 290 g/mol. The Hall–Kier alpha value is -1.80. The van der Waals surface area contributed by atoms with Gasteiger partial charge in [-0.15, -0.1) is 10.2 Å². The van der Waals surface area contributed by atoms with E-state index in [-0.39, 0.29) is 5.91 Å². The molecule has 0 aromatic carbocycles. The van der Waals surface area contributed by atoms with Crippen LogP contribution in [0.3, 0.4) is 0 Å². The Labute approximate surface area is 130 Å². The highest BCUT2D eigenvalue weighted by Crippen LogP contribution is 2.11. The quantitative estimate of drug-likeness (QED) is 0.691. The van der Waals surface area contributed by atoms with E-state index in [9.17, 15) is 4.79 Å². The molecule has 116 valence electrons. The Morgan fingerprint density at radius 2 is 2.05 bits per heavy atom. The fourth-order valence-electron chi connectivity index (χ4n) is 1.62. The lowest BCUT2D eigenvalue weighted by molar-refractivity contribution is 0.0821. The first kappa shape index (κ1) is 17.3. The summed E-state index contributed by atoms with van der Waals surface area (Å²) in [5, 5.41) is 8.07. The lowest BCUT2D eigenvalue weighted by Gasteiger charge is -2.22. The summed E-state index contributed by atoms with van der Waals surface area (Å²) in [4.78, 5) is 15.6. The van der Waals surface area contributed by atoms with Crippen molar-refractivity contribution in [2.45, 2.75) is 6.42 Å². The van der Waals surface area contributed by atoms with E-state index >= 15 is 0 Å². The van der Waals surface area contributed by atoms with Gasteiger partial charge >= 0.3 is 0 Å². The van der Waals surface area contributed by atoms with Gasteiger partial charge in [0.05, 0.1) is 11.6 Å². The first-order valence-corrected chi connectivity index (χ1v) is 6.94. The van der Waals surface area contributed by atoms with Gasteiger partial charge in [0, 0.05) is 40.7 Å². The molecule has 1 aromatic heterocycles. The van der Waals surface area contributed by atoms with Crippen molar-refractivity contribution in [2.75, 3.05) is 45.8 Å². The normalized spacial score (nSPS) is 10.2. The van der Waals surface area contributed by atoms with E-state index in [0.717, 1.165) is 0 Å². The smallest absolute Gasteiger partial charge is 0.273 e. The molecule has 8 heteroatoms. The van der Waals surface area contributed by atoms with Gasteiger partial charge in [-0.2, -0.15) is 0 Å². The van der Waals surface area contributed by atoms with Crippen molar-refractivity contribution in [3.63, 3.8) is 0 Å². The number of nitrogens with zero attached hydrogens (tertiary/aromatic N) is 4. The molecule has 0 spiro atoms. The van der Waals surface area contributed by atoms with Crippen LogP contribution in [-0.2, 0) is 4.74 Å². The van der Waals surface area contributed by atoms with Crippen LogP contribution in [0.1, 0.15) is 16.9 Å². The van der Waals surface area contributed by atoms with E-state index in [0.29, 0.717) is 42.6 Å². The summed E-state index contributed by atoms with van der Waals surface area (Å²) in [5.41, 5.74) is 5.84. The van der Waals surface area contributed by atoms with E-state index in [1.807, 2.05) is 4.90 Å². The minimum atomic E-state index is -0.180. The first-order chi connectivity index (χ1) is 9.95. The molecule has 0 aliphatic heterocycles. The van der Waals surface area contributed by atoms with E-state index in [2.05, 4.69) is 10.2 Å². The largest absolute Gasteiger partial charge is 0.393 e. The van der Waals surface area contributed by atoms with Crippen molar-refractivity contribution in [1.29, 1.82) is 0 Å². The molecule has 0 aliphatic rings. The number of amides is 1. The molecule has 1 amide bonds. The van der Waals surface area contributed by atoms with Gasteiger partial charge in [0.1, 0.15) is 0 Å². The molecule has 2 N–H and O–H groups in total. The number of ether oxygens (including phenoxy) is 1. The highest BCUT2D eigenvalue weighted by Gasteiger charge is 2.13. The maximum atomic E-state index is 11.8. The molecule has 0 saturated carbocycles. The van der Waals surface area contributed by atoms with E-state index < -0.39 is 0 Å². The standard InChI is InChI=1S/C13H21N5O2S/c1-17(2)13(19)10-4-5-12(16-15-10)18(8-9-20-3)7-6-11(14)21/h4-5H,6-9H2,1-3H3,(H2,14,21). The fraction of sp³-hybridized carbons (Fsp3) is 0.538. The summed E-state index contributed by atoms with van der Waals surface area (Å²) < 4.78 is 5.08. The molecule has 0 radical (unpaired) electrons. The van der Waals surface area contributed by atoms with Gasteiger partial charge in [-0.25, -0.2) is 0 Å². The minimum Gasteiger partial charge on any atom is -0.393 e. The topological polar surface area (TPSA) is 84.6 Å². The van der Waals surface area contributed by atoms with Crippen molar-refractivity contribution < 1.29 is 9.53 Å². The van der Waals surface area contributed by atoms with Crippen LogP contribution < -0.4 is 10.6 Å². The number of thiocarbonyl (C=S) groups is 1. The molecule has 0 unspecified atom stereocenters. The monoisotopic (exact) mass is 311 g/mol. The number of nitrogens with two attached hydrogens (primary N) is 1. The molecule has 1 aromatic rings. The number of carbonyl (C=O) groups excluding carboxylic acids is 1. The first-order valence-electron chi connectivity index (χ1n) is 6.53. The summed E-state index contributed by atoms with van der Waals surface area (Å²) in [6, 6.07) is 3.42. The van der Waals surface area contributed by atoms with E-state index in [1.54, 1.807) is 33.3 Å². The maximum Gasteiger partial charge on any atom is 0.273 e. The Balaban J connectivity index is 2.81. The van der Waals surface area contributed by atoms with Crippen LogP contribution in [0.2, 0.25) is 0 Å². The average molecular weight is 311 g/mol. The Bertz CT molecular complexity index is 478. The zero-order chi connectivity index (χ0) is 15.8. The fourth-order valence-corrected chi connectivity index (χ4v) is 1.72. The molecule has 0 atom stereocenters. The number of anilines is 1. The number of rotatable bonds is 8. The summed E-state index contributed by atoms with van der Waals surface area (Å²) in [7, 11) is 4.98. The lowest BCUT2D eigenvalue weighted by atomic mass is 10.3.